The van der Waals surface area contributed by atoms with Gasteiger partial charge < -0.3 is 10.8 Å². The minimum absolute atomic E-state index is 0.159. The second kappa shape index (κ2) is 16.0. The lowest BCUT2D eigenvalue weighted by atomic mass is 10.1. The predicted octanol–water partition coefficient (Wildman–Crippen LogP) is 4.12. The molecular weight excluding hydrogens is 254 g/mol. The second-order valence-electron chi connectivity index (χ2n) is 5.54. The fraction of sp³-hybridized carbons (Fsp3) is 0.875. The number of hydrogen-bond donors (Lipinski definition) is 2. The largest absolute Gasteiger partial charge is 0.481 e. The van der Waals surface area contributed by atoms with Crippen molar-refractivity contribution in [2.24, 2.45) is 11.7 Å². The van der Waals surface area contributed by atoms with Gasteiger partial charge in [-0.15, -0.1) is 0 Å². The first-order chi connectivity index (χ1) is 9.41. The van der Waals surface area contributed by atoms with E-state index in [0.29, 0.717) is 6.42 Å². The Kier molecular flexibility index (Phi) is 17.0. The maximum atomic E-state index is 10.4. The molecule has 0 fully saturated rings. The Morgan fingerprint density at radius 3 is 1.55 bits per heavy atom. The number of amides is 1. The van der Waals surface area contributed by atoms with Gasteiger partial charge in [-0.2, -0.15) is 0 Å². The number of rotatable bonds is 11. The van der Waals surface area contributed by atoms with Crippen molar-refractivity contribution in [2.75, 3.05) is 0 Å². The lowest BCUT2D eigenvalue weighted by molar-refractivity contribution is -0.140. The van der Waals surface area contributed by atoms with Crippen LogP contribution in [0, 0.1) is 5.92 Å². The van der Waals surface area contributed by atoms with Gasteiger partial charge in [-0.3, -0.25) is 9.59 Å². The number of carboxylic acid groups (broad SMARTS) is 1. The molecule has 0 aromatic carbocycles. The Balaban J connectivity index is 0. The van der Waals surface area contributed by atoms with E-state index in [1.165, 1.54) is 44.9 Å². The lowest BCUT2D eigenvalue weighted by Gasteiger charge is -2.00. The third-order valence-corrected chi connectivity index (χ3v) is 3.02. The van der Waals surface area contributed by atoms with Crippen LogP contribution in [0.5, 0.6) is 0 Å². The van der Waals surface area contributed by atoms with Crippen LogP contribution in [0.1, 0.15) is 85.0 Å². The Morgan fingerprint density at radius 2 is 1.25 bits per heavy atom. The standard InChI is InChI=1S/C12H25NO.C4H8O2/c1-2-3-4-5-6-7-8-9-10-11-12(13)14;1-3(2)4(5)6/h2-11H2,1H3,(H2,13,14);3H,1-2H3,(H,5,6). The number of nitrogens with two attached hydrogens (primary N) is 1. The molecule has 0 radical (unpaired) electrons. The molecule has 0 bridgehead atoms. The molecule has 1 amide bonds. The van der Waals surface area contributed by atoms with Gasteiger partial charge in [0.25, 0.3) is 0 Å². The van der Waals surface area contributed by atoms with Crippen LogP contribution in [0.2, 0.25) is 0 Å². The normalized spacial score (nSPS) is 10.0. The third-order valence-electron chi connectivity index (χ3n) is 3.02. The van der Waals surface area contributed by atoms with Gasteiger partial charge in [0.1, 0.15) is 0 Å². The molecule has 0 aromatic rings. The summed E-state index contributed by atoms with van der Waals surface area (Å²) in [5, 5.41) is 7.99. The SMILES string of the molecule is CC(C)C(=O)O.CCCCCCCCCCCC(N)=O. The summed E-state index contributed by atoms with van der Waals surface area (Å²) in [5.74, 6) is -1.13. The predicted molar refractivity (Wildman–Crippen MR) is 83.5 cm³/mol. The first-order valence-electron chi connectivity index (χ1n) is 7.92. The molecule has 120 valence electrons. The van der Waals surface area contributed by atoms with E-state index in [9.17, 15) is 9.59 Å². The molecule has 0 rings (SSSR count). The third kappa shape index (κ3) is 22.1. The molecule has 4 heteroatoms. The van der Waals surface area contributed by atoms with Crippen molar-refractivity contribution < 1.29 is 14.7 Å². The summed E-state index contributed by atoms with van der Waals surface area (Å²) in [6.07, 6.45) is 12.1. The Bertz CT molecular complexity index is 240. The van der Waals surface area contributed by atoms with E-state index >= 15 is 0 Å². The summed E-state index contributed by atoms with van der Waals surface area (Å²) < 4.78 is 0. The van der Waals surface area contributed by atoms with E-state index in [2.05, 4.69) is 6.92 Å². The van der Waals surface area contributed by atoms with E-state index in [4.69, 9.17) is 10.8 Å². The zero-order chi connectivity index (χ0) is 15.8. The summed E-state index contributed by atoms with van der Waals surface area (Å²) in [6, 6.07) is 0. The van der Waals surface area contributed by atoms with Gasteiger partial charge in [0.15, 0.2) is 0 Å². The molecule has 0 atom stereocenters. The van der Waals surface area contributed by atoms with E-state index < -0.39 is 5.97 Å². The number of carbonyl (C=O) groups is 2. The lowest BCUT2D eigenvalue weighted by Crippen LogP contribution is -2.09. The minimum atomic E-state index is -0.741. The van der Waals surface area contributed by atoms with Crippen molar-refractivity contribution in [1.29, 1.82) is 0 Å². The summed E-state index contributed by atoms with van der Waals surface area (Å²) in [4.78, 5) is 20.1. The summed E-state index contributed by atoms with van der Waals surface area (Å²) in [7, 11) is 0. The van der Waals surface area contributed by atoms with Gasteiger partial charge in [0.2, 0.25) is 5.91 Å². The number of aliphatic carboxylic acids is 1. The van der Waals surface area contributed by atoms with Crippen molar-refractivity contribution in [3.8, 4) is 0 Å². The Morgan fingerprint density at radius 1 is 0.900 bits per heavy atom. The average Bonchev–Trinajstić information content (AvgIpc) is 2.37. The monoisotopic (exact) mass is 287 g/mol. The Hall–Kier alpha value is -1.06. The van der Waals surface area contributed by atoms with Gasteiger partial charge in [-0.25, -0.2) is 0 Å². The van der Waals surface area contributed by atoms with Crippen molar-refractivity contribution in [3.05, 3.63) is 0 Å². The molecule has 0 spiro atoms. The molecule has 3 N–H and O–H groups in total. The molecule has 0 saturated heterocycles. The van der Waals surface area contributed by atoms with E-state index in [0.717, 1.165) is 12.8 Å². The van der Waals surface area contributed by atoms with Crippen molar-refractivity contribution >= 4 is 11.9 Å². The summed E-state index contributed by atoms with van der Waals surface area (Å²) in [5.41, 5.74) is 5.05. The molecule has 0 unspecified atom stereocenters. The first-order valence-corrected chi connectivity index (χ1v) is 7.92. The minimum Gasteiger partial charge on any atom is -0.481 e. The van der Waals surface area contributed by atoms with Gasteiger partial charge >= 0.3 is 5.97 Å². The van der Waals surface area contributed by atoms with Gasteiger partial charge in [0.05, 0.1) is 5.92 Å². The smallest absolute Gasteiger partial charge is 0.305 e. The maximum Gasteiger partial charge on any atom is 0.305 e. The molecule has 0 aliphatic carbocycles. The van der Waals surface area contributed by atoms with Crippen LogP contribution in [0.25, 0.3) is 0 Å². The van der Waals surface area contributed by atoms with E-state index in [-0.39, 0.29) is 11.8 Å². The maximum absolute atomic E-state index is 10.4. The zero-order valence-corrected chi connectivity index (χ0v) is 13.5. The number of primary amides is 1. The van der Waals surface area contributed by atoms with Crippen LogP contribution in [0.4, 0.5) is 0 Å². The molecule has 0 aliphatic rings. The number of carbonyl (C=O) groups excluding carboxylic acids is 1. The molecule has 0 aliphatic heterocycles. The van der Waals surface area contributed by atoms with Crippen LogP contribution in [0.3, 0.4) is 0 Å². The van der Waals surface area contributed by atoms with Crippen LogP contribution in [-0.4, -0.2) is 17.0 Å². The quantitative estimate of drug-likeness (QED) is 0.561. The molecular formula is C16H33NO3. The highest BCUT2D eigenvalue weighted by atomic mass is 16.4. The molecule has 0 heterocycles. The van der Waals surface area contributed by atoms with Crippen LogP contribution < -0.4 is 5.73 Å². The van der Waals surface area contributed by atoms with Gasteiger partial charge in [-0.1, -0.05) is 72.1 Å². The highest BCUT2D eigenvalue weighted by Crippen LogP contribution is 2.10. The highest BCUT2D eigenvalue weighted by Gasteiger charge is 1.99. The number of unbranched alkanes of at least 4 members (excludes halogenated alkanes) is 8. The van der Waals surface area contributed by atoms with E-state index in [1.54, 1.807) is 13.8 Å². The topological polar surface area (TPSA) is 80.4 Å². The fourth-order valence-corrected chi connectivity index (χ4v) is 1.61. The number of hydrogen-bond acceptors (Lipinski definition) is 2. The molecule has 0 aromatic heterocycles. The van der Waals surface area contributed by atoms with E-state index in [1.807, 2.05) is 0 Å². The van der Waals surface area contributed by atoms with Gasteiger partial charge in [-0.05, 0) is 6.42 Å². The van der Waals surface area contributed by atoms with Crippen LogP contribution >= 0.6 is 0 Å². The number of carboxylic acids is 1. The highest BCUT2D eigenvalue weighted by molar-refractivity contribution is 5.73. The summed E-state index contributed by atoms with van der Waals surface area (Å²) >= 11 is 0. The van der Waals surface area contributed by atoms with Crippen molar-refractivity contribution in [1.82, 2.24) is 0 Å². The van der Waals surface area contributed by atoms with Crippen molar-refractivity contribution in [3.63, 3.8) is 0 Å². The first kappa shape index (κ1) is 21.2. The Labute approximate surface area is 124 Å². The molecule has 0 saturated carbocycles. The zero-order valence-electron chi connectivity index (χ0n) is 13.5. The molecule has 4 nitrogen and oxygen atoms in total. The van der Waals surface area contributed by atoms with Crippen LogP contribution in [0.15, 0.2) is 0 Å². The van der Waals surface area contributed by atoms with Gasteiger partial charge in [0, 0.05) is 6.42 Å². The molecule has 20 heavy (non-hydrogen) atoms. The average molecular weight is 287 g/mol. The fourth-order valence-electron chi connectivity index (χ4n) is 1.61. The summed E-state index contributed by atoms with van der Waals surface area (Å²) in [6.45, 7) is 5.52. The van der Waals surface area contributed by atoms with Crippen molar-refractivity contribution in [2.45, 2.75) is 85.0 Å². The second-order valence-corrected chi connectivity index (χ2v) is 5.54. The van der Waals surface area contributed by atoms with Crippen LogP contribution in [-0.2, 0) is 9.59 Å².